The third kappa shape index (κ3) is 5.81. The maximum absolute atomic E-state index is 11.8. The minimum Gasteiger partial charge on any atom is -0.480 e. The molecule has 0 aliphatic carbocycles. The van der Waals surface area contributed by atoms with Gasteiger partial charge in [-0.25, -0.2) is 9.59 Å². The van der Waals surface area contributed by atoms with E-state index in [9.17, 15) is 9.59 Å². The molecule has 0 aromatic heterocycles. The number of rotatable bonds is 7. The van der Waals surface area contributed by atoms with Crippen LogP contribution in [0.4, 0.5) is 4.79 Å². The van der Waals surface area contributed by atoms with Crippen LogP contribution in [0.5, 0.6) is 0 Å². The van der Waals surface area contributed by atoms with Crippen LogP contribution >= 0.6 is 0 Å². The lowest BCUT2D eigenvalue weighted by Crippen LogP contribution is -2.48. The van der Waals surface area contributed by atoms with E-state index in [0.29, 0.717) is 19.4 Å². The summed E-state index contributed by atoms with van der Waals surface area (Å²) in [7, 11) is 0. The van der Waals surface area contributed by atoms with Gasteiger partial charge in [0, 0.05) is 6.54 Å². The molecular weight excluding hydrogens is 220 g/mol. The Balaban J connectivity index is 4.45. The minimum absolute atomic E-state index is 0.193. The number of urea groups is 1. The summed E-state index contributed by atoms with van der Waals surface area (Å²) in [6.07, 6.45) is 7.05. The van der Waals surface area contributed by atoms with E-state index < -0.39 is 18.0 Å². The Morgan fingerprint density at radius 2 is 2.06 bits per heavy atom. The van der Waals surface area contributed by atoms with E-state index in [2.05, 4.69) is 11.2 Å². The third-order valence-electron chi connectivity index (χ3n) is 2.24. The van der Waals surface area contributed by atoms with Gasteiger partial charge in [0.2, 0.25) is 0 Å². The van der Waals surface area contributed by atoms with Crippen LogP contribution in [-0.2, 0) is 4.79 Å². The summed E-state index contributed by atoms with van der Waals surface area (Å²) in [5, 5.41) is 11.4. The average molecular weight is 240 g/mol. The normalized spacial score (nSPS) is 11.4. The van der Waals surface area contributed by atoms with Crippen LogP contribution < -0.4 is 5.32 Å². The van der Waals surface area contributed by atoms with Gasteiger partial charge >= 0.3 is 12.0 Å². The Morgan fingerprint density at radius 1 is 1.41 bits per heavy atom. The van der Waals surface area contributed by atoms with Crippen molar-refractivity contribution in [2.45, 2.75) is 39.2 Å². The van der Waals surface area contributed by atoms with Crippen molar-refractivity contribution in [3.8, 4) is 12.3 Å². The summed E-state index contributed by atoms with van der Waals surface area (Å²) in [6.45, 7) is 4.51. The van der Waals surface area contributed by atoms with Gasteiger partial charge in [-0.2, -0.15) is 0 Å². The first-order chi connectivity index (χ1) is 8.06. The number of amides is 2. The van der Waals surface area contributed by atoms with E-state index in [1.807, 2.05) is 13.8 Å². The van der Waals surface area contributed by atoms with Crippen molar-refractivity contribution in [2.75, 3.05) is 13.1 Å². The lowest BCUT2D eigenvalue weighted by atomic mass is 10.2. The van der Waals surface area contributed by atoms with E-state index in [1.54, 1.807) is 0 Å². The summed E-state index contributed by atoms with van der Waals surface area (Å²) in [5.41, 5.74) is 0. The maximum Gasteiger partial charge on any atom is 0.326 e. The molecule has 0 fully saturated rings. The van der Waals surface area contributed by atoms with E-state index in [4.69, 9.17) is 11.5 Å². The molecule has 0 aliphatic heterocycles. The van der Waals surface area contributed by atoms with Crippen molar-refractivity contribution in [3.63, 3.8) is 0 Å². The van der Waals surface area contributed by atoms with Gasteiger partial charge in [0.15, 0.2) is 0 Å². The number of carbonyl (C=O) groups excluding carboxylic acids is 1. The fourth-order valence-corrected chi connectivity index (χ4v) is 1.42. The van der Waals surface area contributed by atoms with Gasteiger partial charge in [0.25, 0.3) is 0 Å². The number of aliphatic carboxylic acids is 1. The highest BCUT2D eigenvalue weighted by molar-refractivity contribution is 5.82. The van der Waals surface area contributed by atoms with Crippen molar-refractivity contribution in [1.82, 2.24) is 10.2 Å². The number of nitrogens with zero attached hydrogens (tertiary/aromatic N) is 1. The van der Waals surface area contributed by atoms with Gasteiger partial charge in [-0.05, 0) is 12.8 Å². The van der Waals surface area contributed by atoms with Crippen LogP contribution in [0.25, 0.3) is 0 Å². The van der Waals surface area contributed by atoms with Gasteiger partial charge < -0.3 is 15.3 Å². The maximum atomic E-state index is 11.8. The largest absolute Gasteiger partial charge is 0.480 e. The van der Waals surface area contributed by atoms with Gasteiger partial charge in [0.05, 0.1) is 6.54 Å². The number of terminal acetylenes is 1. The summed E-state index contributed by atoms with van der Waals surface area (Å²) in [6, 6.07) is -1.25. The van der Waals surface area contributed by atoms with Crippen molar-refractivity contribution in [2.24, 2.45) is 0 Å². The zero-order valence-electron chi connectivity index (χ0n) is 10.4. The van der Waals surface area contributed by atoms with Crippen molar-refractivity contribution in [3.05, 3.63) is 0 Å². The van der Waals surface area contributed by atoms with E-state index in [-0.39, 0.29) is 6.54 Å². The molecule has 0 bridgehead atoms. The van der Waals surface area contributed by atoms with Crippen molar-refractivity contribution >= 4 is 12.0 Å². The molecule has 5 nitrogen and oxygen atoms in total. The molecule has 0 aromatic rings. The topological polar surface area (TPSA) is 69.6 Å². The molecule has 1 atom stereocenters. The van der Waals surface area contributed by atoms with Crippen molar-refractivity contribution in [1.29, 1.82) is 0 Å². The Labute approximate surface area is 102 Å². The van der Waals surface area contributed by atoms with Crippen LogP contribution in [0.1, 0.15) is 33.1 Å². The minimum atomic E-state index is -1.02. The molecule has 2 N–H and O–H groups in total. The van der Waals surface area contributed by atoms with Crippen molar-refractivity contribution < 1.29 is 14.7 Å². The predicted molar refractivity (Wildman–Crippen MR) is 65.6 cm³/mol. The second-order valence-electron chi connectivity index (χ2n) is 3.75. The second-order valence-corrected chi connectivity index (χ2v) is 3.75. The predicted octanol–water partition coefficient (Wildman–Crippen LogP) is 1.29. The SMILES string of the molecule is C#CCN(CCC)C(=O)N[C@H](CCC)C(=O)O. The van der Waals surface area contributed by atoms with E-state index in [1.165, 1.54) is 4.90 Å². The summed E-state index contributed by atoms with van der Waals surface area (Å²) < 4.78 is 0. The monoisotopic (exact) mass is 240 g/mol. The number of nitrogens with one attached hydrogen (secondary N) is 1. The molecule has 0 heterocycles. The Hall–Kier alpha value is -1.70. The molecule has 96 valence electrons. The standard InChI is InChI=1S/C12H20N2O3/c1-4-7-10(11(15)16)13-12(17)14(8-5-2)9-6-3/h2,10H,4,6-9H2,1,3H3,(H,13,17)(H,15,16)/t10-/m1/s1. The average Bonchev–Trinajstić information content (AvgIpc) is 2.28. The van der Waals surface area contributed by atoms with E-state index in [0.717, 1.165) is 6.42 Å². The summed E-state index contributed by atoms with van der Waals surface area (Å²) in [5.74, 6) is 1.37. The lowest BCUT2D eigenvalue weighted by molar-refractivity contribution is -0.139. The number of carboxylic acid groups (broad SMARTS) is 1. The van der Waals surface area contributed by atoms with Crippen LogP contribution in [-0.4, -0.2) is 41.1 Å². The first-order valence-electron chi connectivity index (χ1n) is 5.78. The molecule has 5 heteroatoms. The number of hydrogen-bond donors (Lipinski definition) is 2. The molecule has 0 saturated heterocycles. The molecule has 0 saturated carbocycles. The molecule has 0 aromatic carbocycles. The first-order valence-corrected chi connectivity index (χ1v) is 5.78. The molecule has 0 spiro atoms. The van der Waals surface area contributed by atoms with E-state index >= 15 is 0 Å². The molecule has 0 aliphatic rings. The molecule has 2 amide bonds. The summed E-state index contributed by atoms with van der Waals surface area (Å²) >= 11 is 0. The van der Waals surface area contributed by atoms with Crippen LogP contribution in [0.15, 0.2) is 0 Å². The highest BCUT2D eigenvalue weighted by Crippen LogP contribution is 1.99. The molecular formula is C12H20N2O3. The molecule has 0 rings (SSSR count). The van der Waals surface area contributed by atoms with Gasteiger partial charge in [-0.1, -0.05) is 26.2 Å². The zero-order valence-corrected chi connectivity index (χ0v) is 10.4. The van der Waals surface area contributed by atoms with Crippen LogP contribution in [0, 0.1) is 12.3 Å². The fraction of sp³-hybridized carbons (Fsp3) is 0.667. The fourth-order valence-electron chi connectivity index (χ4n) is 1.42. The molecule has 17 heavy (non-hydrogen) atoms. The Morgan fingerprint density at radius 3 is 2.47 bits per heavy atom. The third-order valence-corrected chi connectivity index (χ3v) is 2.24. The number of carboxylic acids is 1. The smallest absolute Gasteiger partial charge is 0.326 e. The highest BCUT2D eigenvalue weighted by Gasteiger charge is 2.21. The number of carbonyl (C=O) groups is 2. The van der Waals surface area contributed by atoms with Gasteiger partial charge in [0.1, 0.15) is 6.04 Å². The van der Waals surface area contributed by atoms with Crippen LogP contribution in [0.2, 0.25) is 0 Å². The molecule has 0 unspecified atom stereocenters. The Bertz CT molecular complexity index is 297. The summed E-state index contributed by atoms with van der Waals surface area (Å²) in [4.78, 5) is 24.1. The van der Waals surface area contributed by atoms with Gasteiger partial charge in [-0.15, -0.1) is 6.42 Å². The first kappa shape index (κ1) is 15.3. The highest BCUT2D eigenvalue weighted by atomic mass is 16.4. The quantitative estimate of drug-likeness (QED) is 0.659. The zero-order chi connectivity index (χ0) is 13.3. The molecule has 0 radical (unpaired) electrons. The number of hydrogen-bond acceptors (Lipinski definition) is 2. The van der Waals surface area contributed by atoms with Gasteiger partial charge in [-0.3, -0.25) is 0 Å². The second kappa shape index (κ2) is 8.45. The van der Waals surface area contributed by atoms with Crippen LogP contribution in [0.3, 0.4) is 0 Å². The Kier molecular flexibility index (Phi) is 7.61. The lowest BCUT2D eigenvalue weighted by Gasteiger charge is -2.22.